The second kappa shape index (κ2) is 8.13. The molecule has 0 aromatic rings. The molecule has 1 fully saturated rings. The summed E-state index contributed by atoms with van der Waals surface area (Å²) in [4.78, 5) is 0. The Bertz CT molecular complexity index is 190. The molecule has 0 aliphatic heterocycles. The van der Waals surface area contributed by atoms with Crippen molar-refractivity contribution in [2.75, 3.05) is 0 Å². The van der Waals surface area contributed by atoms with E-state index in [9.17, 15) is 0 Å². The molecule has 2 atom stereocenters. The lowest BCUT2D eigenvalue weighted by Gasteiger charge is -2.28. The summed E-state index contributed by atoms with van der Waals surface area (Å²) < 4.78 is 0. The second-order valence-corrected chi connectivity index (χ2v) is 6.23. The van der Waals surface area contributed by atoms with Gasteiger partial charge in [-0.2, -0.15) is 0 Å². The van der Waals surface area contributed by atoms with Crippen molar-refractivity contribution in [3.05, 3.63) is 0 Å². The highest BCUT2D eigenvalue weighted by molar-refractivity contribution is 4.87. The van der Waals surface area contributed by atoms with Crippen LogP contribution in [0.4, 0.5) is 0 Å². The first-order valence-electron chi connectivity index (χ1n) is 7.99. The lowest BCUT2D eigenvalue weighted by atomic mass is 9.85. The van der Waals surface area contributed by atoms with Crippen molar-refractivity contribution < 1.29 is 0 Å². The van der Waals surface area contributed by atoms with Gasteiger partial charge in [0.05, 0.1) is 0 Å². The number of unbranched alkanes of at least 4 members (excludes halogenated alkanes) is 4. The molecule has 2 unspecified atom stereocenters. The average molecular weight is 239 g/mol. The van der Waals surface area contributed by atoms with Crippen LogP contribution in [0.25, 0.3) is 0 Å². The molecular formula is C16H33N. The monoisotopic (exact) mass is 239 g/mol. The van der Waals surface area contributed by atoms with E-state index in [1.54, 1.807) is 0 Å². The molecule has 0 aromatic heterocycles. The third-order valence-electron chi connectivity index (χ3n) is 4.69. The maximum absolute atomic E-state index is 6.59. The predicted octanol–water partition coefficient (Wildman–Crippen LogP) is 5.03. The Morgan fingerprint density at radius 2 is 1.76 bits per heavy atom. The van der Waals surface area contributed by atoms with Crippen LogP contribution in [0.3, 0.4) is 0 Å². The van der Waals surface area contributed by atoms with Crippen LogP contribution in [-0.4, -0.2) is 5.54 Å². The molecule has 0 heterocycles. The fourth-order valence-electron chi connectivity index (χ4n) is 3.24. The number of nitrogens with two attached hydrogens (primary N) is 1. The van der Waals surface area contributed by atoms with E-state index in [4.69, 9.17) is 5.73 Å². The summed E-state index contributed by atoms with van der Waals surface area (Å²) in [6.07, 6.45) is 16.2. The van der Waals surface area contributed by atoms with Gasteiger partial charge in [0.15, 0.2) is 0 Å². The van der Waals surface area contributed by atoms with Crippen LogP contribution < -0.4 is 5.73 Å². The molecule has 0 bridgehead atoms. The maximum atomic E-state index is 6.59. The van der Waals surface area contributed by atoms with Crippen LogP contribution in [0.2, 0.25) is 0 Å². The van der Waals surface area contributed by atoms with Crippen molar-refractivity contribution in [3.63, 3.8) is 0 Å². The van der Waals surface area contributed by atoms with Gasteiger partial charge >= 0.3 is 0 Å². The topological polar surface area (TPSA) is 26.0 Å². The summed E-state index contributed by atoms with van der Waals surface area (Å²) in [5, 5.41) is 0. The molecule has 1 heteroatoms. The van der Waals surface area contributed by atoms with E-state index in [0.29, 0.717) is 0 Å². The molecule has 1 aliphatic carbocycles. The lowest BCUT2D eigenvalue weighted by molar-refractivity contribution is 0.324. The Kier molecular flexibility index (Phi) is 7.18. The van der Waals surface area contributed by atoms with Gasteiger partial charge in [0.1, 0.15) is 0 Å². The van der Waals surface area contributed by atoms with Crippen LogP contribution >= 0.6 is 0 Å². The summed E-state index contributed by atoms with van der Waals surface area (Å²) >= 11 is 0. The van der Waals surface area contributed by atoms with E-state index < -0.39 is 0 Å². The Balaban J connectivity index is 2.20. The minimum absolute atomic E-state index is 0.191. The average Bonchev–Trinajstić information content (AvgIpc) is 2.51. The van der Waals surface area contributed by atoms with Gasteiger partial charge in [-0.25, -0.2) is 0 Å². The van der Waals surface area contributed by atoms with Gasteiger partial charge in [0, 0.05) is 5.54 Å². The fraction of sp³-hybridized carbons (Fsp3) is 1.00. The molecule has 0 radical (unpaired) electrons. The van der Waals surface area contributed by atoms with Crippen molar-refractivity contribution in [1.29, 1.82) is 0 Å². The van der Waals surface area contributed by atoms with Gasteiger partial charge in [-0.15, -0.1) is 0 Å². The molecule has 0 saturated heterocycles. The van der Waals surface area contributed by atoms with E-state index >= 15 is 0 Å². The molecule has 102 valence electrons. The summed E-state index contributed by atoms with van der Waals surface area (Å²) in [5.41, 5.74) is 6.78. The van der Waals surface area contributed by atoms with Crippen molar-refractivity contribution in [2.24, 2.45) is 11.7 Å². The first-order valence-corrected chi connectivity index (χ1v) is 7.99. The molecule has 17 heavy (non-hydrogen) atoms. The zero-order valence-electron chi connectivity index (χ0n) is 12.1. The summed E-state index contributed by atoms with van der Waals surface area (Å²) in [6.45, 7) is 4.61. The van der Waals surface area contributed by atoms with Gasteiger partial charge in [0.25, 0.3) is 0 Å². The zero-order chi connectivity index (χ0) is 12.6. The summed E-state index contributed by atoms with van der Waals surface area (Å²) in [7, 11) is 0. The molecular weight excluding hydrogens is 206 g/mol. The highest BCUT2D eigenvalue weighted by atomic mass is 14.7. The number of rotatable bonds is 7. The zero-order valence-corrected chi connectivity index (χ0v) is 12.1. The largest absolute Gasteiger partial charge is 0.325 e. The van der Waals surface area contributed by atoms with Crippen LogP contribution in [0.15, 0.2) is 0 Å². The molecule has 0 amide bonds. The molecule has 1 nitrogen and oxygen atoms in total. The summed E-state index contributed by atoms with van der Waals surface area (Å²) in [5.74, 6) is 0.959. The predicted molar refractivity (Wildman–Crippen MR) is 77.2 cm³/mol. The van der Waals surface area contributed by atoms with E-state index in [1.807, 2.05) is 0 Å². The molecule has 1 aliphatic rings. The smallest absolute Gasteiger partial charge is 0.0154 e. The first-order chi connectivity index (χ1) is 8.20. The summed E-state index contributed by atoms with van der Waals surface area (Å²) in [6, 6.07) is 0. The van der Waals surface area contributed by atoms with Crippen LogP contribution in [0, 0.1) is 5.92 Å². The molecule has 0 aromatic carbocycles. The third kappa shape index (κ3) is 5.90. The standard InChI is InChI=1S/C16H33N/c1-3-5-6-7-8-12-16(17)13-9-10-15(4-2)11-14-16/h15H,3-14,17H2,1-2H3. The molecule has 0 spiro atoms. The van der Waals surface area contributed by atoms with Gasteiger partial charge in [0.2, 0.25) is 0 Å². The molecule has 2 N–H and O–H groups in total. The third-order valence-corrected chi connectivity index (χ3v) is 4.69. The van der Waals surface area contributed by atoms with E-state index in [0.717, 1.165) is 5.92 Å². The Hall–Kier alpha value is -0.0400. The second-order valence-electron chi connectivity index (χ2n) is 6.23. The lowest BCUT2D eigenvalue weighted by Crippen LogP contribution is -2.39. The van der Waals surface area contributed by atoms with E-state index in [1.165, 1.54) is 77.0 Å². The van der Waals surface area contributed by atoms with Crippen molar-refractivity contribution in [1.82, 2.24) is 0 Å². The van der Waals surface area contributed by atoms with Crippen molar-refractivity contribution in [2.45, 2.75) is 96.4 Å². The van der Waals surface area contributed by atoms with Gasteiger partial charge in [-0.05, 0) is 31.6 Å². The maximum Gasteiger partial charge on any atom is 0.0154 e. The van der Waals surface area contributed by atoms with Crippen LogP contribution in [-0.2, 0) is 0 Å². The number of hydrogen-bond acceptors (Lipinski definition) is 1. The highest BCUT2D eigenvalue weighted by Gasteiger charge is 2.27. The minimum atomic E-state index is 0.191. The van der Waals surface area contributed by atoms with E-state index in [-0.39, 0.29) is 5.54 Å². The Morgan fingerprint density at radius 3 is 2.47 bits per heavy atom. The van der Waals surface area contributed by atoms with Crippen LogP contribution in [0.5, 0.6) is 0 Å². The van der Waals surface area contributed by atoms with Gasteiger partial charge in [-0.3, -0.25) is 0 Å². The van der Waals surface area contributed by atoms with Gasteiger partial charge in [-0.1, -0.05) is 65.2 Å². The van der Waals surface area contributed by atoms with Crippen LogP contribution in [0.1, 0.15) is 90.9 Å². The normalized spacial score (nSPS) is 30.2. The highest BCUT2D eigenvalue weighted by Crippen LogP contribution is 2.33. The first kappa shape index (κ1) is 15.0. The van der Waals surface area contributed by atoms with Crippen molar-refractivity contribution >= 4 is 0 Å². The van der Waals surface area contributed by atoms with Gasteiger partial charge < -0.3 is 5.73 Å². The minimum Gasteiger partial charge on any atom is -0.325 e. The quantitative estimate of drug-likeness (QED) is 0.489. The van der Waals surface area contributed by atoms with Crippen molar-refractivity contribution in [3.8, 4) is 0 Å². The fourth-order valence-corrected chi connectivity index (χ4v) is 3.24. The molecule has 1 saturated carbocycles. The number of hydrogen-bond donors (Lipinski definition) is 1. The Morgan fingerprint density at radius 1 is 1.00 bits per heavy atom. The Labute approximate surface area is 109 Å². The SMILES string of the molecule is CCCCCCCC1(N)CCCC(CC)CC1. The molecule has 1 rings (SSSR count). The van der Waals surface area contributed by atoms with E-state index in [2.05, 4.69) is 13.8 Å².